The number of aryl methyl sites for hydroxylation is 1. The molecule has 0 bridgehead atoms. The van der Waals surface area contributed by atoms with Gasteiger partial charge < -0.3 is 20.3 Å². The number of carbonyl (C=O) groups is 1. The lowest BCUT2D eigenvalue weighted by atomic mass is 9.71. The van der Waals surface area contributed by atoms with Gasteiger partial charge in [0.25, 0.3) is 5.91 Å². The first-order valence-electron chi connectivity index (χ1n) is 15.3. The number of nitrogens with zero attached hydrogens (tertiary/aromatic N) is 4. The maximum absolute atomic E-state index is 12.8. The van der Waals surface area contributed by atoms with Gasteiger partial charge in [-0.05, 0) is 127 Å². The molecule has 2 aromatic heterocycles. The maximum Gasteiger partial charge on any atom is 0.274 e. The molecule has 1 spiro atoms. The molecule has 1 aliphatic carbocycles. The fraction of sp³-hybridized carbons (Fsp3) is 0.594. The lowest BCUT2D eigenvalue weighted by Gasteiger charge is -2.44. The Morgan fingerprint density at radius 1 is 1.10 bits per heavy atom. The number of piperidine rings is 2. The molecule has 4 heterocycles. The van der Waals surface area contributed by atoms with Crippen LogP contribution in [-0.2, 0) is 0 Å². The molecule has 214 valence electrons. The fourth-order valence-electron chi connectivity index (χ4n) is 7.15. The third-order valence-electron chi connectivity index (χ3n) is 9.84. The number of fused-ring (bicyclic) bond motifs is 1. The highest BCUT2D eigenvalue weighted by Gasteiger charge is 2.35. The van der Waals surface area contributed by atoms with E-state index in [0.717, 1.165) is 22.5 Å². The Morgan fingerprint density at radius 3 is 2.60 bits per heavy atom. The van der Waals surface area contributed by atoms with Gasteiger partial charge in [0.1, 0.15) is 11.4 Å². The summed E-state index contributed by atoms with van der Waals surface area (Å²) in [4.78, 5) is 19.9. The number of aromatic nitrogens is 3. The van der Waals surface area contributed by atoms with Crippen LogP contribution in [0.3, 0.4) is 0 Å². The van der Waals surface area contributed by atoms with E-state index >= 15 is 0 Å². The Hall–Kier alpha value is -2.97. The highest BCUT2D eigenvalue weighted by Crippen LogP contribution is 2.40. The SMILES string of the molecule is COc1cc2nn([C@H]3CC[C@H](CCN4CCC5(CCNCC5)CC4)CC3)cc2cc1NC(=O)c1cccc(C)n1. The minimum atomic E-state index is -0.248. The van der Waals surface area contributed by atoms with Gasteiger partial charge in [-0.15, -0.1) is 0 Å². The summed E-state index contributed by atoms with van der Waals surface area (Å²) in [5.74, 6) is 1.18. The first kappa shape index (κ1) is 27.2. The van der Waals surface area contributed by atoms with E-state index in [9.17, 15) is 4.79 Å². The highest BCUT2D eigenvalue weighted by molar-refractivity contribution is 6.05. The van der Waals surface area contributed by atoms with E-state index < -0.39 is 0 Å². The van der Waals surface area contributed by atoms with Gasteiger partial charge in [-0.3, -0.25) is 9.48 Å². The molecule has 2 saturated heterocycles. The van der Waals surface area contributed by atoms with Crippen LogP contribution in [0.4, 0.5) is 5.69 Å². The van der Waals surface area contributed by atoms with Gasteiger partial charge in [-0.1, -0.05) is 6.07 Å². The Balaban J connectivity index is 1.03. The summed E-state index contributed by atoms with van der Waals surface area (Å²) in [5.41, 5.74) is 3.36. The molecule has 8 heteroatoms. The standard InChI is InChI=1S/C32H44N6O2/c1-23-4-3-5-27(34-23)31(39)35-29-20-25-22-38(36-28(25)21-30(29)40-2)26-8-6-24(7-9-26)10-17-37-18-13-32(14-19-37)11-15-33-16-12-32/h3-5,20-22,24,26,33H,6-19H2,1-2H3,(H,35,39)/t24-,26-. The zero-order valence-electron chi connectivity index (χ0n) is 24.1. The highest BCUT2D eigenvalue weighted by atomic mass is 16.5. The number of ether oxygens (including phenoxy) is 1. The van der Waals surface area contributed by atoms with E-state index in [2.05, 4.69) is 31.4 Å². The molecule has 3 aliphatic rings. The zero-order valence-corrected chi connectivity index (χ0v) is 24.1. The fourth-order valence-corrected chi connectivity index (χ4v) is 7.15. The van der Waals surface area contributed by atoms with Crippen molar-refractivity contribution in [2.75, 3.05) is 45.2 Å². The predicted octanol–water partition coefficient (Wildman–Crippen LogP) is 5.59. The van der Waals surface area contributed by atoms with Crippen LogP contribution in [0, 0.1) is 18.3 Å². The lowest BCUT2D eigenvalue weighted by molar-refractivity contribution is 0.0690. The van der Waals surface area contributed by atoms with E-state index in [0.29, 0.717) is 28.6 Å². The van der Waals surface area contributed by atoms with Crippen LogP contribution in [0.25, 0.3) is 10.9 Å². The van der Waals surface area contributed by atoms with Gasteiger partial charge in [0, 0.05) is 23.3 Å². The van der Waals surface area contributed by atoms with Crippen LogP contribution in [-0.4, -0.2) is 65.4 Å². The summed E-state index contributed by atoms with van der Waals surface area (Å²) in [6.07, 6.45) is 13.9. The molecule has 6 rings (SSSR count). The number of nitrogens with one attached hydrogen (secondary N) is 2. The second kappa shape index (κ2) is 11.9. The monoisotopic (exact) mass is 544 g/mol. The Kier molecular flexibility index (Phi) is 8.08. The molecule has 1 aromatic carbocycles. The van der Waals surface area contributed by atoms with Gasteiger partial charge in [0.15, 0.2) is 0 Å². The number of hydrogen-bond donors (Lipinski definition) is 2. The van der Waals surface area contributed by atoms with Crippen molar-refractivity contribution in [1.82, 2.24) is 25.0 Å². The quantitative estimate of drug-likeness (QED) is 0.404. The molecule has 3 fully saturated rings. The summed E-state index contributed by atoms with van der Waals surface area (Å²) in [6.45, 7) is 8.16. The number of methoxy groups -OCH3 is 1. The van der Waals surface area contributed by atoms with Crippen LogP contribution < -0.4 is 15.4 Å². The molecule has 8 nitrogen and oxygen atoms in total. The molecule has 3 aromatic rings. The molecular weight excluding hydrogens is 500 g/mol. The number of pyridine rings is 1. The van der Waals surface area contributed by atoms with Crippen molar-refractivity contribution >= 4 is 22.5 Å². The van der Waals surface area contributed by atoms with Crippen LogP contribution in [0.2, 0.25) is 0 Å². The molecule has 0 radical (unpaired) electrons. The minimum absolute atomic E-state index is 0.248. The van der Waals surface area contributed by atoms with E-state index in [4.69, 9.17) is 9.84 Å². The molecule has 0 unspecified atom stereocenters. The Labute approximate surface area is 237 Å². The molecular formula is C32H44N6O2. The summed E-state index contributed by atoms with van der Waals surface area (Å²) >= 11 is 0. The normalized spacial score (nSPS) is 23.4. The summed E-state index contributed by atoms with van der Waals surface area (Å²) in [6, 6.07) is 9.75. The van der Waals surface area contributed by atoms with Gasteiger partial charge in [0.2, 0.25) is 0 Å². The lowest BCUT2D eigenvalue weighted by Crippen LogP contribution is -2.45. The van der Waals surface area contributed by atoms with E-state index in [1.54, 1.807) is 13.2 Å². The van der Waals surface area contributed by atoms with Crippen molar-refractivity contribution in [2.24, 2.45) is 11.3 Å². The van der Waals surface area contributed by atoms with Crippen LogP contribution in [0.1, 0.15) is 80.0 Å². The molecule has 2 aliphatic heterocycles. The first-order chi connectivity index (χ1) is 19.5. The molecule has 1 saturated carbocycles. The van der Waals surface area contributed by atoms with Gasteiger partial charge in [-0.25, -0.2) is 4.98 Å². The number of rotatable bonds is 7. The van der Waals surface area contributed by atoms with Crippen molar-refractivity contribution < 1.29 is 9.53 Å². The molecule has 0 atom stereocenters. The number of carbonyl (C=O) groups excluding carboxylic acids is 1. The zero-order chi connectivity index (χ0) is 27.5. The summed E-state index contributed by atoms with van der Waals surface area (Å²) < 4.78 is 7.75. The smallest absolute Gasteiger partial charge is 0.274 e. The van der Waals surface area contributed by atoms with Crippen molar-refractivity contribution in [1.29, 1.82) is 0 Å². The second-order valence-electron chi connectivity index (χ2n) is 12.4. The van der Waals surface area contributed by atoms with Crippen molar-refractivity contribution in [3.8, 4) is 5.75 Å². The third kappa shape index (κ3) is 6.03. The maximum atomic E-state index is 12.8. The van der Waals surface area contributed by atoms with Gasteiger partial charge >= 0.3 is 0 Å². The van der Waals surface area contributed by atoms with Crippen molar-refractivity contribution in [3.63, 3.8) is 0 Å². The van der Waals surface area contributed by atoms with Crippen LogP contribution >= 0.6 is 0 Å². The average Bonchev–Trinajstić information content (AvgIpc) is 3.40. The largest absolute Gasteiger partial charge is 0.494 e. The van der Waals surface area contributed by atoms with Crippen molar-refractivity contribution in [3.05, 3.63) is 47.9 Å². The summed E-state index contributed by atoms with van der Waals surface area (Å²) in [7, 11) is 1.62. The Morgan fingerprint density at radius 2 is 1.88 bits per heavy atom. The number of anilines is 1. The Bertz CT molecular complexity index is 1310. The topological polar surface area (TPSA) is 84.3 Å². The molecule has 40 heavy (non-hydrogen) atoms. The van der Waals surface area contributed by atoms with Gasteiger partial charge in [0.05, 0.1) is 24.4 Å². The first-order valence-corrected chi connectivity index (χ1v) is 15.3. The average molecular weight is 545 g/mol. The third-order valence-corrected chi connectivity index (χ3v) is 9.84. The minimum Gasteiger partial charge on any atom is -0.494 e. The van der Waals surface area contributed by atoms with Crippen LogP contribution in [0.15, 0.2) is 36.5 Å². The molecule has 1 amide bonds. The number of amides is 1. The predicted molar refractivity (Wildman–Crippen MR) is 159 cm³/mol. The van der Waals surface area contributed by atoms with E-state index in [1.807, 2.05) is 31.2 Å². The second-order valence-corrected chi connectivity index (χ2v) is 12.4. The van der Waals surface area contributed by atoms with E-state index in [1.165, 1.54) is 90.5 Å². The molecule has 2 N–H and O–H groups in total. The number of benzene rings is 1. The summed E-state index contributed by atoms with van der Waals surface area (Å²) in [5, 5.41) is 12.4. The number of hydrogen-bond acceptors (Lipinski definition) is 6. The van der Waals surface area contributed by atoms with E-state index in [-0.39, 0.29) is 5.91 Å². The van der Waals surface area contributed by atoms with Crippen LogP contribution in [0.5, 0.6) is 5.75 Å². The van der Waals surface area contributed by atoms with Crippen molar-refractivity contribution in [2.45, 2.75) is 70.8 Å². The van der Waals surface area contributed by atoms with Gasteiger partial charge in [-0.2, -0.15) is 5.10 Å². The number of likely N-dealkylation sites (tertiary alicyclic amines) is 1.